The third-order valence-corrected chi connectivity index (χ3v) is 9.52. The molecule has 19 nitrogen and oxygen atoms in total. The van der Waals surface area contributed by atoms with Crippen LogP contribution in [0.3, 0.4) is 0 Å². The van der Waals surface area contributed by atoms with Gasteiger partial charge in [0.05, 0.1) is 32.9 Å². The Bertz CT molecular complexity index is 2790. The van der Waals surface area contributed by atoms with E-state index in [4.69, 9.17) is 32.2 Å². The van der Waals surface area contributed by atoms with Gasteiger partial charge in [-0.1, -0.05) is 60.4 Å². The monoisotopic (exact) mass is 1010 g/mol. The Hall–Kier alpha value is -9.27. The molecule has 0 spiro atoms. The van der Waals surface area contributed by atoms with Gasteiger partial charge in [-0.25, -0.2) is 30.1 Å². The predicted molar refractivity (Wildman–Crippen MR) is 273 cm³/mol. The maximum atomic E-state index is 12.5. The number of nitrogens with one attached hydrogen (secondary N) is 6. The minimum Gasteiger partial charge on any atom is -0.478 e. The first-order valence-electron chi connectivity index (χ1n) is 22.5. The Morgan fingerprint density at radius 1 is 0.581 bits per heavy atom. The zero-order valence-corrected chi connectivity index (χ0v) is 42.1. The highest BCUT2D eigenvalue weighted by molar-refractivity contribution is 5.97. The zero-order chi connectivity index (χ0) is 54.8. The lowest BCUT2D eigenvalue weighted by atomic mass is 9.98. The predicted octanol–water partition coefficient (Wildman–Crippen LogP) is 5.44. The van der Waals surface area contributed by atoms with Crippen molar-refractivity contribution in [3.8, 4) is 59.5 Å². The lowest BCUT2D eigenvalue weighted by Crippen LogP contribution is -2.53. The highest BCUT2D eigenvalue weighted by atomic mass is 16.6. The van der Waals surface area contributed by atoms with Gasteiger partial charge in [0.1, 0.15) is 29.9 Å². The molecular formula is C55H58N6O13. The lowest BCUT2D eigenvalue weighted by Gasteiger charge is -2.22. The fourth-order valence-electron chi connectivity index (χ4n) is 6.40. The number of hydroxylamine groups is 2. The molecule has 0 heterocycles. The van der Waals surface area contributed by atoms with Crippen LogP contribution in [0.2, 0.25) is 0 Å². The number of carboxylic acids is 1. The van der Waals surface area contributed by atoms with E-state index in [9.17, 15) is 33.6 Å². The normalized spacial score (nSPS) is 11.5. The molecular weight excluding hydrogens is 953 g/mol. The molecule has 4 aromatic carbocycles. The summed E-state index contributed by atoms with van der Waals surface area (Å²) in [5, 5.41) is 18.5. The first kappa shape index (κ1) is 59.0. The Labute approximate surface area is 430 Å². The molecule has 74 heavy (non-hydrogen) atoms. The second kappa shape index (κ2) is 29.2. The van der Waals surface area contributed by atoms with E-state index in [1.165, 1.54) is 26.4 Å². The van der Waals surface area contributed by atoms with Crippen molar-refractivity contribution >= 4 is 42.0 Å². The van der Waals surface area contributed by atoms with E-state index in [-0.39, 0.29) is 31.2 Å². The summed E-state index contributed by atoms with van der Waals surface area (Å²) in [5.74, 6) is 11.8. The molecule has 0 saturated carbocycles. The number of amides is 6. The van der Waals surface area contributed by atoms with Crippen LogP contribution in [0.4, 0.5) is 14.4 Å². The topological polar surface area (TPSA) is 258 Å². The van der Waals surface area contributed by atoms with Crippen LogP contribution in [0, 0.1) is 48.4 Å². The van der Waals surface area contributed by atoms with E-state index in [2.05, 4.69) is 77.4 Å². The summed E-state index contributed by atoms with van der Waals surface area (Å²) in [4.78, 5) is 92.7. The van der Waals surface area contributed by atoms with Crippen LogP contribution >= 0.6 is 0 Å². The summed E-state index contributed by atoms with van der Waals surface area (Å²) < 4.78 is 15.7. The van der Waals surface area contributed by atoms with E-state index in [0.29, 0.717) is 16.7 Å². The van der Waals surface area contributed by atoms with Crippen LogP contribution in [0.1, 0.15) is 90.4 Å². The van der Waals surface area contributed by atoms with Gasteiger partial charge in [0.15, 0.2) is 0 Å². The van der Waals surface area contributed by atoms with Crippen LogP contribution in [-0.4, -0.2) is 104 Å². The summed E-state index contributed by atoms with van der Waals surface area (Å²) >= 11 is 0. The van der Waals surface area contributed by atoms with E-state index in [0.717, 1.165) is 22.3 Å². The SMILES string of the molecule is C#CC#Cc1ccc(C(=O)N[C@@H](CNC(=O)OC(C)(C)C)C(=O)NOC)cc1.C#CC#Cc1ccc(C(=O)O)cc1.CONC(=O)C(CNC(=O)OC(C)(C)C)NC(=O)OCC1c2ccccc2-c2ccccc21. The fraction of sp³-hybridized carbons (Fsp3) is 0.291. The second-order valence-corrected chi connectivity index (χ2v) is 17.4. The van der Waals surface area contributed by atoms with Gasteiger partial charge in [-0.15, -0.1) is 12.8 Å². The van der Waals surface area contributed by atoms with E-state index in [1.807, 2.05) is 48.5 Å². The van der Waals surface area contributed by atoms with E-state index in [1.54, 1.807) is 77.9 Å². The molecule has 6 amide bonds. The largest absolute Gasteiger partial charge is 0.478 e. The van der Waals surface area contributed by atoms with Gasteiger partial charge in [-0.2, -0.15) is 0 Å². The summed E-state index contributed by atoms with van der Waals surface area (Å²) in [7, 11) is 2.53. The van der Waals surface area contributed by atoms with Crippen molar-refractivity contribution in [1.29, 1.82) is 0 Å². The van der Waals surface area contributed by atoms with Crippen molar-refractivity contribution in [2.75, 3.05) is 33.9 Å². The van der Waals surface area contributed by atoms with Crippen LogP contribution in [0.15, 0.2) is 97.1 Å². The minimum atomic E-state index is -1.13. The maximum Gasteiger partial charge on any atom is 0.407 e. The molecule has 7 N–H and O–H groups in total. The number of carbonyl (C=O) groups excluding carboxylic acids is 6. The summed E-state index contributed by atoms with van der Waals surface area (Å²) in [6, 6.07) is 26.3. The van der Waals surface area contributed by atoms with Crippen molar-refractivity contribution < 1.29 is 62.6 Å². The molecule has 2 atom stereocenters. The summed E-state index contributed by atoms with van der Waals surface area (Å²) in [6.07, 6.45) is 7.79. The molecule has 0 aliphatic heterocycles. The van der Waals surface area contributed by atoms with Crippen LogP contribution in [-0.2, 0) is 33.5 Å². The van der Waals surface area contributed by atoms with Crippen molar-refractivity contribution in [2.24, 2.45) is 0 Å². The number of aromatic carboxylic acids is 1. The second-order valence-electron chi connectivity index (χ2n) is 17.4. The molecule has 386 valence electrons. The van der Waals surface area contributed by atoms with Crippen molar-refractivity contribution in [1.82, 2.24) is 32.2 Å². The standard InChI is InChI=1S/C24H29N3O6.C20H23N3O5.C11H6O2/c1-24(2,3)33-22(29)25-13-20(21(28)27-31-4)26-23(30)32-14-19-17-11-7-5-9-15(17)16-10-6-8-12-18(16)19;1-6-7-8-14-9-11-15(12-10-14)17(24)22-16(18(25)23-27-5)13-21-19(26)28-20(2,3)4;1-2-3-4-9-5-7-10(8-6-9)11(12)13/h5-12,19-20H,13-14H2,1-4H3,(H,25,29)(H,26,30)(H,27,28);1,9-12,16H,13H2,2-5H3,(H,21,26)(H,22,24)(H,23,25);1,5-8H,(H,12,13)/t;16-;/m.0./s1. The number of ether oxygens (including phenoxy) is 3. The van der Waals surface area contributed by atoms with Crippen molar-refractivity contribution in [3.63, 3.8) is 0 Å². The number of benzene rings is 4. The molecule has 0 saturated heterocycles. The number of alkyl carbamates (subject to hydrolysis) is 3. The highest BCUT2D eigenvalue weighted by Gasteiger charge is 2.31. The molecule has 5 rings (SSSR count). The Morgan fingerprint density at radius 3 is 1.38 bits per heavy atom. The molecule has 0 bridgehead atoms. The van der Waals surface area contributed by atoms with Crippen molar-refractivity contribution in [2.45, 2.75) is 70.7 Å². The maximum absolute atomic E-state index is 12.5. The molecule has 4 aromatic rings. The number of terminal acetylenes is 2. The molecule has 0 radical (unpaired) electrons. The molecule has 19 heteroatoms. The highest BCUT2D eigenvalue weighted by Crippen LogP contribution is 2.44. The van der Waals surface area contributed by atoms with Gasteiger partial charge < -0.3 is 40.6 Å². The van der Waals surface area contributed by atoms with Gasteiger partial charge in [0.2, 0.25) is 0 Å². The molecule has 0 fully saturated rings. The van der Waals surface area contributed by atoms with Gasteiger partial charge in [0, 0.05) is 22.6 Å². The number of carbonyl (C=O) groups is 7. The molecule has 0 aromatic heterocycles. The molecule has 1 unspecified atom stereocenters. The van der Waals surface area contributed by atoms with Crippen LogP contribution in [0.5, 0.6) is 0 Å². The van der Waals surface area contributed by atoms with E-state index < -0.39 is 65.3 Å². The summed E-state index contributed by atoms with van der Waals surface area (Å²) in [6.45, 7) is 9.97. The number of carboxylic acid groups (broad SMARTS) is 1. The number of hydrogen-bond donors (Lipinski definition) is 7. The fourth-order valence-corrected chi connectivity index (χ4v) is 6.40. The average molecular weight is 1010 g/mol. The zero-order valence-electron chi connectivity index (χ0n) is 42.1. The Morgan fingerprint density at radius 2 is 0.986 bits per heavy atom. The van der Waals surface area contributed by atoms with Crippen molar-refractivity contribution in [3.05, 3.63) is 130 Å². The first-order chi connectivity index (χ1) is 35.1. The smallest absolute Gasteiger partial charge is 0.407 e. The third-order valence-electron chi connectivity index (χ3n) is 9.52. The average Bonchev–Trinajstić information content (AvgIpc) is 3.67. The summed E-state index contributed by atoms with van der Waals surface area (Å²) in [5.41, 5.74) is 9.16. The van der Waals surface area contributed by atoms with Gasteiger partial charge in [-0.3, -0.25) is 24.1 Å². The van der Waals surface area contributed by atoms with Gasteiger partial charge in [-0.05, 0) is 136 Å². The number of rotatable bonds is 14. The van der Waals surface area contributed by atoms with Gasteiger partial charge in [0.25, 0.3) is 17.7 Å². The van der Waals surface area contributed by atoms with Gasteiger partial charge >= 0.3 is 24.2 Å². The Balaban J connectivity index is 0.000000318. The minimum absolute atomic E-state index is 0.0952. The van der Waals surface area contributed by atoms with Crippen LogP contribution in [0.25, 0.3) is 11.1 Å². The number of hydrogen-bond acceptors (Lipinski definition) is 12. The Kier molecular flexibility index (Phi) is 23.3. The quantitative estimate of drug-likeness (QED) is 0.0473. The lowest BCUT2D eigenvalue weighted by molar-refractivity contribution is -0.133. The van der Waals surface area contributed by atoms with Crippen LogP contribution < -0.4 is 32.2 Å². The third kappa shape index (κ3) is 20.6. The first-order valence-corrected chi connectivity index (χ1v) is 22.5. The van der Waals surface area contributed by atoms with E-state index >= 15 is 0 Å². The molecule has 1 aliphatic rings. The molecule has 1 aliphatic carbocycles. The number of fused-ring (bicyclic) bond motifs is 3.